The summed E-state index contributed by atoms with van der Waals surface area (Å²) in [4.78, 5) is 31.9. The van der Waals surface area contributed by atoms with E-state index in [0.717, 1.165) is 10.8 Å². The Balaban J connectivity index is 1.77. The van der Waals surface area contributed by atoms with Gasteiger partial charge in [-0.1, -0.05) is 48.5 Å². The van der Waals surface area contributed by atoms with Gasteiger partial charge >= 0.3 is 0 Å². The lowest BCUT2D eigenvalue weighted by molar-refractivity contribution is -0.132. The van der Waals surface area contributed by atoms with E-state index in [0.29, 0.717) is 16.9 Å². The number of anilines is 1. The largest absolute Gasteiger partial charge is 0.507 e. The third-order valence-electron chi connectivity index (χ3n) is 5.56. The van der Waals surface area contributed by atoms with Crippen LogP contribution in [0.1, 0.15) is 17.3 Å². The van der Waals surface area contributed by atoms with Crippen LogP contribution >= 0.6 is 0 Å². The average Bonchev–Trinajstić information content (AvgIpc) is 3.10. The maximum Gasteiger partial charge on any atom is 0.300 e. The van der Waals surface area contributed by atoms with Gasteiger partial charge in [-0.3, -0.25) is 19.5 Å². The van der Waals surface area contributed by atoms with E-state index >= 15 is 0 Å². The van der Waals surface area contributed by atoms with Gasteiger partial charge in [0.05, 0.1) is 11.3 Å². The number of carbonyl (C=O) groups is 2. The van der Waals surface area contributed by atoms with Gasteiger partial charge in [-0.25, -0.2) is 4.39 Å². The van der Waals surface area contributed by atoms with Crippen LogP contribution in [0.25, 0.3) is 16.5 Å². The molecule has 0 aliphatic carbocycles. The number of hydrogen-bond donors (Lipinski definition) is 1. The number of aliphatic hydroxyl groups excluding tert-OH is 1. The van der Waals surface area contributed by atoms with Crippen LogP contribution in [0.3, 0.4) is 0 Å². The van der Waals surface area contributed by atoms with Crippen molar-refractivity contribution < 1.29 is 19.1 Å². The number of carbonyl (C=O) groups excluding carboxylic acids is 2. The molecule has 32 heavy (non-hydrogen) atoms. The van der Waals surface area contributed by atoms with Crippen LogP contribution < -0.4 is 4.90 Å². The first kappa shape index (κ1) is 19.6. The van der Waals surface area contributed by atoms with Crippen molar-refractivity contribution in [3.05, 3.63) is 114 Å². The van der Waals surface area contributed by atoms with Crippen LogP contribution in [0.5, 0.6) is 0 Å². The molecule has 0 spiro atoms. The van der Waals surface area contributed by atoms with Gasteiger partial charge in [0.25, 0.3) is 11.7 Å². The SMILES string of the molecule is O=C1C(=O)N(c2ccc(F)cc2)C(c2ccccn2)/C1=C(/O)c1cccc2ccccc12. The molecule has 1 aliphatic heterocycles. The summed E-state index contributed by atoms with van der Waals surface area (Å²) in [6.07, 6.45) is 1.55. The number of hydrogen-bond acceptors (Lipinski definition) is 4. The maximum absolute atomic E-state index is 13.5. The molecule has 4 aromatic rings. The van der Waals surface area contributed by atoms with Crippen LogP contribution in [-0.4, -0.2) is 21.8 Å². The first-order valence-corrected chi connectivity index (χ1v) is 10.0. The molecule has 0 bridgehead atoms. The number of fused-ring (bicyclic) bond motifs is 1. The molecule has 0 radical (unpaired) electrons. The van der Waals surface area contributed by atoms with Gasteiger partial charge in [0.2, 0.25) is 0 Å². The molecule has 6 heteroatoms. The Hall–Kier alpha value is -4.32. The first-order chi connectivity index (χ1) is 15.6. The number of benzene rings is 3. The van der Waals surface area contributed by atoms with Crippen LogP contribution in [0.2, 0.25) is 0 Å². The third kappa shape index (κ3) is 3.13. The Morgan fingerprint density at radius 2 is 1.59 bits per heavy atom. The summed E-state index contributed by atoms with van der Waals surface area (Å²) in [5.41, 5.74) is 1.13. The number of rotatable bonds is 3. The molecule has 3 aromatic carbocycles. The lowest BCUT2D eigenvalue weighted by atomic mass is 9.95. The minimum Gasteiger partial charge on any atom is -0.507 e. The number of aromatic nitrogens is 1. The zero-order chi connectivity index (χ0) is 22.2. The highest BCUT2D eigenvalue weighted by Crippen LogP contribution is 2.42. The Bertz CT molecular complexity index is 1380. The van der Waals surface area contributed by atoms with Gasteiger partial charge in [0, 0.05) is 17.4 Å². The van der Waals surface area contributed by atoms with Gasteiger partial charge in [0.15, 0.2) is 0 Å². The smallest absolute Gasteiger partial charge is 0.300 e. The second-order valence-corrected chi connectivity index (χ2v) is 7.43. The molecule has 1 aromatic heterocycles. The van der Waals surface area contributed by atoms with Crippen molar-refractivity contribution in [2.45, 2.75) is 6.04 Å². The molecular weight excluding hydrogens is 407 g/mol. The summed E-state index contributed by atoms with van der Waals surface area (Å²) in [6.45, 7) is 0. The van der Waals surface area contributed by atoms with Gasteiger partial charge < -0.3 is 5.11 Å². The second-order valence-electron chi connectivity index (χ2n) is 7.43. The molecule has 5 rings (SSSR count). The zero-order valence-corrected chi connectivity index (χ0v) is 16.8. The number of amides is 1. The van der Waals surface area contributed by atoms with E-state index < -0.39 is 23.5 Å². The van der Waals surface area contributed by atoms with E-state index in [1.807, 2.05) is 30.3 Å². The van der Waals surface area contributed by atoms with E-state index in [2.05, 4.69) is 4.98 Å². The molecule has 1 N–H and O–H groups in total. The van der Waals surface area contributed by atoms with Gasteiger partial charge in [-0.2, -0.15) is 0 Å². The summed E-state index contributed by atoms with van der Waals surface area (Å²) in [7, 11) is 0. The lowest BCUT2D eigenvalue weighted by Crippen LogP contribution is -2.29. The zero-order valence-electron chi connectivity index (χ0n) is 16.8. The number of halogens is 1. The van der Waals surface area contributed by atoms with Gasteiger partial charge in [-0.05, 0) is 47.2 Å². The summed E-state index contributed by atoms with van der Waals surface area (Å²) < 4.78 is 13.5. The number of nitrogens with zero attached hydrogens (tertiary/aromatic N) is 2. The molecule has 1 atom stereocenters. The Morgan fingerprint density at radius 1 is 0.875 bits per heavy atom. The first-order valence-electron chi connectivity index (χ1n) is 10.0. The molecule has 5 nitrogen and oxygen atoms in total. The molecular formula is C26H17FN2O3. The topological polar surface area (TPSA) is 70.5 Å². The summed E-state index contributed by atoms with van der Waals surface area (Å²) in [5, 5.41) is 13.0. The van der Waals surface area contributed by atoms with Crippen molar-refractivity contribution in [1.82, 2.24) is 4.98 Å². The molecule has 1 saturated heterocycles. The molecule has 1 unspecified atom stereocenters. The molecule has 156 valence electrons. The molecule has 2 heterocycles. The van der Waals surface area contributed by atoms with E-state index in [1.54, 1.807) is 36.5 Å². The van der Waals surface area contributed by atoms with Crippen LogP contribution in [0.15, 0.2) is 96.7 Å². The van der Waals surface area contributed by atoms with Gasteiger partial charge in [0.1, 0.15) is 17.6 Å². The second kappa shape index (κ2) is 7.74. The number of ketones is 1. The Labute approximate surface area is 183 Å². The van der Waals surface area contributed by atoms with Crippen molar-refractivity contribution in [3.63, 3.8) is 0 Å². The fraction of sp³-hybridized carbons (Fsp3) is 0.0385. The van der Waals surface area contributed by atoms with Crippen LogP contribution in [-0.2, 0) is 9.59 Å². The monoisotopic (exact) mass is 424 g/mol. The van der Waals surface area contributed by atoms with Crippen molar-refractivity contribution in [2.75, 3.05) is 4.90 Å². The fourth-order valence-electron chi connectivity index (χ4n) is 4.10. The Morgan fingerprint density at radius 3 is 2.34 bits per heavy atom. The number of pyridine rings is 1. The molecule has 1 aliphatic rings. The molecule has 1 fully saturated rings. The average molecular weight is 424 g/mol. The van der Waals surface area contributed by atoms with Crippen LogP contribution in [0, 0.1) is 5.82 Å². The van der Waals surface area contributed by atoms with Crippen LogP contribution in [0.4, 0.5) is 10.1 Å². The minimum atomic E-state index is -0.958. The quantitative estimate of drug-likeness (QED) is 0.285. The molecule has 0 saturated carbocycles. The molecule has 1 amide bonds. The lowest BCUT2D eigenvalue weighted by Gasteiger charge is -2.24. The Kier molecular flexibility index (Phi) is 4.75. The van der Waals surface area contributed by atoms with E-state index in [4.69, 9.17) is 0 Å². The highest BCUT2D eigenvalue weighted by Gasteiger charge is 2.47. The fourth-order valence-corrected chi connectivity index (χ4v) is 4.10. The minimum absolute atomic E-state index is 0.0608. The van der Waals surface area contributed by atoms with E-state index in [-0.39, 0.29) is 11.3 Å². The highest BCUT2D eigenvalue weighted by molar-refractivity contribution is 6.51. The maximum atomic E-state index is 13.5. The van der Waals surface area contributed by atoms with E-state index in [1.165, 1.54) is 29.2 Å². The van der Waals surface area contributed by atoms with Gasteiger partial charge in [-0.15, -0.1) is 0 Å². The number of aliphatic hydroxyl groups is 1. The van der Waals surface area contributed by atoms with E-state index in [9.17, 15) is 19.1 Å². The number of Topliss-reactive ketones (excluding diaryl/α,β-unsaturated/α-hetero) is 1. The van der Waals surface area contributed by atoms with Crippen molar-refractivity contribution >= 4 is 33.9 Å². The predicted octanol–water partition coefficient (Wildman–Crippen LogP) is 5.00. The highest BCUT2D eigenvalue weighted by atomic mass is 19.1. The summed E-state index contributed by atoms with van der Waals surface area (Å²) >= 11 is 0. The summed E-state index contributed by atoms with van der Waals surface area (Å²) in [6, 6.07) is 22.3. The van der Waals surface area contributed by atoms with Crippen molar-refractivity contribution in [2.24, 2.45) is 0 Å². The normalized spacial score (nSPS) is 17.8. The predicted molar refractivity (Wildman–Crippen MR) is 119 cm³/mol. The van der Waals surface area contributed by atoms with Crippen molar-refractivity contribution in [3.8, 4) is 0 Å². The summed E-state index contributed by atoms with van der Waals surface area (Å²) in [5.74, 6) is -2.37. The third-order valence-corrected chi connectivity index (χ3v) is 5.56. The van der Waals surface area contributed by atoms with Crippen molar-refractivity contribution in [1.29, 1.82) is 0 Å². The standard InChI is InChI=1S/C26H17FN2O3/c27-17-11-13-18(14-12-17)29-23(21-10-3-4-15-28-21)22(25(31)26(29)32)24(30)20-9-5-7-16-6-1-2-8-19(16)20/h1-15,23,30H/b24-22-.